The fraction of sp³-hybridized carbons (Fsp3) is 0.435. The molecule has 1 amide bonds. The van der Waals surface area contributed by atoms with Crippen LogP contribution < -0.4 is 10.2 Å². The SMILES string of the molecule is CCN(CC)S(=O)(=O)c1cc(C)c(C)c(NC(=O)CCc2ccc(N(C)C)cc2)c1. The Balaban J connectivity index is 2.15. The second-order valence-electron chi connectivity index (χ2n) is 7.61. The molecule has 2 aromatic carbocycles. The minimum Gasteiger partial charge on any atom is -0.378 e. The van der Waals surface area contributed by atoms with E-state index in [-0.39, 0.29) is 10.8 Å². The molecule has 0 aliphatic rings. The highest BCUT2D eigenvalue weighted by Gasteiger charge is 2.23. The zero-order valence-corrected chi connectivity index (χ0v) is 19.6. The third kappa shape index (κ3) is 5.61. The van der Waals surface area contributed by atoms with E-state index in [1.165, 1.54) is 4.31 Å². The zero-order chi connectivity index (χ0) is 22.5. The summed E-state index contributed by atoms with van der Waals surface area (Å²) in [7, 11) is 0.388. The van der Waals surface area contributed by atoms with Gasteiger partial charge in [0.1, 0.15) is 0 Å². The van der Waals surface area contributed by atoms with Gasteiger partial charge >= 0.3 is 0 Å². The summed E-state index contributed by atoms with van der Waals surface area (Å²) in [6.07, 6.45) is 0.946. The van der Waals surface area contributed by atoms with Crippen molar-refractivity contribution in [1.82, 2.24) is 4.31 Å². The van der Waals surface area contributed by atoms with E-state index in [1.54, 1.807) is 12.1 Å². The molecular weight excluding hydrogens is 398 g/mol. The molecule has 0 saturated carbocycles. The molecule has 164 valence electrons. The molecule has 0 unspecified atom stereocenters. The number of hydrogen-bond acceptors (Lipinski definition) is 4. The second-order valence-corrected chi connectivity index (χ2v) is 9.55. The smallest absolute Gasteiger partial charge is 0.243 e. The molecule has 7 heteroatoms. The summed E-state index contributed by atoms with van der Waals surface area (Å²) in [5.41, 5.74) is 4.45. The second kappa shape index (κ2) is 10.1. The molecule has 0 fully saturated rings. The van der Waals surface area contributed by atoms with Crippen LogP contribution in [0.1, 0.15) is 37.0 Å². The molecule has 30 heavy (non-hydrogen) atoms. The molecule has 0 saturated heterocycles. The number of hydrogen-bond donors (Lipinski definition) is 1. The molecular formula is C23H33N3O3S. The first-order chi connectivity index (χ1) is 14.1. The van der Waals surface area contributed by atoms with Gasteiger partial charge in [0.25, 0.3) is 0 Å². The maximum absolute atomic E-state index is 12.9. The van der Waals surface area contributed by atoms with Crippen LogP contribution in [-0.4, -0.2) is 45.8 Å². The van der Waals surface area contributed by atoms with Crippen LogP contribution in [-0.2, 0) is 21.2 Å². The molecule has 0 heterocycles. The van der Waals surface area contributed by atoms with Gasteiger partial charge in [-0.05, 0) is 61.2 Å². The summed E-state index contributed by atoms with van der Waals surface area (Å²) < 4.78 is 27.2. The summed E-state index contributed by atoms with van der Waals surface area (Å²) in [6, 6.07) is 11.3. The molecule has 0 aromatic heterocycles. The van der Waals surface area contributed by atoms with E-state index < -0.39 is 10.0 Å². The summed E-state index contributed by atoms with van der Waals surface area (Å²) in [6.45, 7) is 8.18. The Morgan fingerprint density at radius 1 is 1.00 bits per heavy atom. The number of benzene rings is 2. The van der Waals surface area contributed by atoms with Gasteiger partial charge in [0.15, 0.2) is 0 Å². The number of aryl methyl sites for hydroxylation is 2. The van der Waals surface area contributed by atoms with Crippen molar-refractivity contribution in [2.24, 2.45) is 0 Å². The Morgan fingerprint density at radius 2 is 1.60 bits per heavy atom. The Hall–Kier alpha value is -2.38. The van der Waals surface area contributed by atoms with E-state index >= 15 is 0 Å². The van der Waals surface area contributed by atoms with Crippen LogP contribution in [0.3, 0.4) is 0 Å². The topological polar surface area (TPSA) is 69.7 Å². The largest absolute Gasteiger partial charge is 0.378 e. The van der Waals surface area contributed by atoms with E-state index in [4.69, 9.17) is 0 Å². The van der Waals surface area contributed by atoms with Crippen molar-refractivity contribution in [3.63, 3.8) is 0 Å². The van der Waals surface area contributed by atoms with Crippen molar-refractivity contribution in [1.29, 1.82) is 0 Å². The van der Waals surface area contributed by atoms with Gasteiger partial charge in [0.2, 0.25) is 15.9 Å². The minimum atomic E-state index is -3.59. The van der Waals surface area contributed by atoms with Crippen molar-refractivity contribution < 1.29 is 13.2 Å². The molecule has 1 N–H and O–H groups in total. The van der Waals surface area contributed by atoms with Crippen LogP contribution in [0.2, 0.25) is 0 Å². The van der Waals surface area contributed by atoms with Crippen LogP contribution in [0, 0.1) is 13.8 Å². The number of nitrogens with zero attached hydrogens (tertiary/aromatic N) is 2. The Kier molecular flexibility index (Phi) is 8.03. The van der Waals surface area contributed by atoms with Gasteiger partial charge < -0.3 is 10.2 Å². The highest BCUT2D eigenvalue weighted by Crippen LogP contribution is 2.26. The van der Waals surface area contributed by atoms with E-state index in [0.29, 0.717) is 31.6 Å². The molecule has 0 radical (unpaired) electrons. The molecule has 2 aromatic rings. The number of sulfonamides is 1. The van der Waals surface area contributed by atoms with Crippen molar-refractivity contribution in [3.8, 4) is 0 Å². The first-order valence-corrected chi connectivity index (χ1v) is 11.7. The fourth-order valence-corrected chi connectivity index (χ4v) is 4.82. The van der Waals surface area contributed by atoms with Crippen molar-refractivity contribution in [2.45, 2.75) is 45.4 Å². The van der Waals surface area contributed by atoms with Crippen LogP contribution in [0.5, 0.6) is 0 Å². The molecule has 0 atom stereocenters. The lowest BCUT2D eigenvalue weighted by atomic mass is 10.1. The van der Waals surface area contributed by atoms with Gasteiger partial charge in [-0.2, -0.15) is 4.31 Å². The van der Waals surface area contributed by atoms with Crippen LogP contribution in [0.25, 0.3) is 0 Å². The van der Waals surface area contributed by atoms with Gasteiger partial charge in [-0.1, -0.05) is 26.0 Å². The number of carbonyl (C=O) groups is 1. The van der Waals surface area contributed by atoms with E-state index in [9.17, 15) is 13.2 Å². The van der Waals surface area contributed by atoms with Gasteiger partial charge in [0, 0.05) is 45.0 Å². The van der Waals surface area contributed by atoms with Crippen molar-refractivity contribution in [3.05, 3.63) is 53.1 Å². The lowest BCUT2D eigenvalue weighted by Crippen LogP contribution is -2.30. The first-order valence-electron chi connectivity index (χ1n) is 10.3. The summed E-state index contributed by atoms with van der Waals surface area (Å²) in [5.74, 6) is -0.133. The Labute approximate surface area is 180 Å². The predicted molar refractivity (Wildman–Crippen MR) is 124 cm³/mol. The van der Waals surface area contributed by atoms with Crippen molar-refractivity contribution >= 4 is 27.3 Å². The normalized spacial score (nSPS) is 11.6. The Bertz CT molecular complexity index is 979. The predicted octanol–water partition coefficient (Wildman–Crippen LogP) is 3.97. The number of carbonyl (C=O) groups excluding carboxylic acids is 1. The van der Waals surface area contributed by atoms with E-state index in [0.717, 1.165) is 22.4 Å². The van der Waals surface area contributed by atoms with E-state index in [1.807, 2.05) is 71.0 Å². The van der Waals surface area contributed by atoms with E-state index in [2.05, 4.69) is 5.32 Å². The summed E-state index contributed by atoms with van der Waals surface area (Å²) in [5, 5.41) is 2.91. The quantitative estimate of drug-likeness (QED) is 0.652. The highest BCUT2D eigenvalue weighted by molar-refractivity contribution is 7.89. The molecule has 0 spiro atoms. The number of anilines is 2. The molecule has 0 aliphatic heterocycles. The highest BCUT2D eigenvalue weighted by atomic mass is 32.2. The fourth-order valence-electron chi connectivity index (χ4n) is 3.25. The van der Waals surface area contributed by atoms with Crippen molar-refractivity contribution in [2.75, 3.05) is 37.4 Å². The number of nitrogens with one attached hydrogen (secondary N) is 1. The van der Waals surface area contributed by atoms with Crippen LogP contribution in [0.15, 0.2) is 41.3 Å². The molecule has 0 aliphatic carbocycles. The summed E-state index contributed by atoms with van der Waals surface area (Å²) >= 11 is 0. The minimum absolute atomic E-state index is 0.133. The average molecular weight is 432 g/mol. The van der Waals surface area contributed by atoms with Crippen LogP contribution in [0.4, 0.5) is 11.4 Å². The van der Waals surface area contributed by atoms with Gasteiger partial charge in [-0.15, -0.1) is 0 Å². The first kappa shape index (κ1) is 23.9. The Morgan fingerprint density at radius 3 is 2.13 bits per heavy atom. The average Bonchev–Trinajstić information content (AvgIpc) is 2.70. The number of rotatable bonds is 9. The third-order valence-electron chi connectivity index (χ3n) is 5.35. The van der Waals surface area contributed by atoms with Gasteiger partial charge in [-0.25, -0.2) is 8.42 Å². The van der Waals surface area contributed by atoms with Crippen LogP contribution >= 0.6 is 0 Å². The number of amides is 1. The molecule has 0 bridgehead atoms. The maximum atomic E-state index is 12.9. The van der Waals surface area contributed by atoms with Gasteiger partial charge in [0.05, 0.1) is 4.90 Å². The standard InChI is InChI=1S/C23H33N3O3S/c1-7-26(8-2)30(28,29)21-15-17(3)18(4)22(16-21)24-23(27)14-11-19-9-12-20(13-10-19)25(5)6/h9-10,12-13,15-16H,7-8,11,14H2,1-6H3,(H,24,27). The monoisotopic (exact) mass is 431 g/mol. The third-order valence-corrected chi connectivity index (χ3v) is 7.38. The molecule has 6 nitrogen and oxygen atoms in total. The lowest BCUT2D eigenvalue weighted by molar-refractivity contribution is -0.116. The summed E-state index contributed by atoms with van der Waals surface area (Å²) in [4.78, 5) is 14.8. The molecule has 2 rings (SSSR count). The zero-order valence-electron chi connectivity index (χ0n) is 18.8. The maximum Gasteiger partial charge on any atom is 0.243 e. The lowest BCUT2D eigenvalue weighted by Gasteiger charge is -2.20. The van der Waals surface area contributed by atoms with Gasteiger partial charge in [-0.3, -0.25) is 4.79 Å².